The average molecular weight is 481 g/mol. The molecule has 0 spiro atoms. The lowest BCUT2D eigenvalue weighted by Crippen LogP contribution is -2.36. The minimum atomic E-state index is -0.0329. The molecule has 0 saturated carbocycles. The van der Waals surface area contributed by atoms with Crippen molar-refractivity contribution in [3.63, 3.8) is 0 Å². The maximum Gasteiger partial charge on any atom is 0.170 e. The zero-order valence-corrected chi connectivity index (χ0v) is 20.8. The largest absolute Gasteiger partial charge is 0.376 e. The van der Waals surface area contributed by atoms with E-state index in [9.17, 15) is 0 Å². The second-order valence-electron chi connectivity index (χ2n) is 8.96. The highest BCUT2D eigenvalue weighted by molar-refractivity contribution is 7.80. The van der Waals surface area contributed by atoms with Crippen LogP contribution in [0.5, 0.6) is 0 Å². The number of hydrogen-bond acceptors (Lipinski definition) is 3. The molecule has 5 rings (SSSR count). The summed E-state index contributed by atoms with van der Waals surface area (Å²) in [7, 11) is 0. The van der Waals surface area contributed by atoms with Crippen molar-refractivity contribution in [1.82, 2.24) is 19.8 Å². The Bertz CT molecular complexity index is 1170. The van der Waals surface area contributed by atoms with Gasteiger partial charge in [-0.05, 0) is 87.3 Å². The molecule has 1 N–H and O–H groups in total. The third-order valence-electron chi connectivity index (χ3n) is 6.89. The average Bonchev–Trinajstić information content (AvgIpc) is 3.51. The van der Waals surface area contributed by atoms with Crippen molar-refractivity contribution in [1.29, 1.82) is 0 Å². The van der Waals surface area contributed by atoms with Gasteiger partial charge in [-0.15, -0.1) is 0 Å². The van der Waals surface area contributed by atoms with E-state index in [0.29, 0.717) is 0 Å². The van der Waals surface area contributed by atoms with E-state index in [-0.39, 0.29) is 18.2 Å². The predicted molar refractivity (Wildman–Crippen MR) is 136 cm³/mol. The zero-order chi connectivity index (χ0) is 23.1. The summed E-state index contributed by atoms with van der Waals surface area (Å²) >= 11 is 12.3. The minimum Gasteiger partial charge on any atom is -0.376 e. The summed E-state index contributed by atoms with van der Waals surface area (Å²) in [6.45, 7) is 8.01. The minimum absolute atomic E-state index is 0.0241. The standard InChI is InChI=1S/C26H29ClN4OS/c1-16-14-20(18(3)31(16)23-11-6-9-21(27)17(23)2)25-24(22-10-4-5-12-28-22)29-26(33)30(25)15-19-8-7-13-32-19/h4-6,9-12,14,19,24-25H,7-8,13,15H2,1-3H3,(H,29,33)/t19-,24-,25+/m0/s1. The van der Waals surface area contributed by atoms with Crippen LogP contribution in [0, 0.1) is 20.8 Å². The van der Waals surface area contributed by atoms with Crippen LogP contribution in [-0.4, -0.2) is 38.8 Å². The van der Waals surface area contributed by atoms with E-state index < -0.39 is 0 Å². The van der Waals surface area contributed by atoms with Crippen molar-refractivity contribution in [3.8, 4) is 5.69 Å². The summed E-state index contributed by atoms with van der Waals surface area (Å²) in [5.74, 6) is 0. The van der Waals surface area contributed by atoms with Gasteiger partial charge in [0.1, 0.15) is 0 Å². The van der Waals surface area contributed by atoms with Gasteiger partial charge in [-0.3, -0.25) is 4.98 Å². The van der Waals surface area contributed by atoms with Crippen LogP contribution < -0.4 is 5.32 Å². The Morgan fingerprint density at radius 3 is 2.76 bits per heavy atom. The summed E-state index contributed by atoms with van der Waals surface area (Å²) in [6, 6.07) is 14.4. The smallest absolute Gasteiger partial charge is 0.170 e. The number of hydrogen-bond donors (Lipinski definition) is 1. The lowest BCUT2D eigenvalue weighted by atomic mass is 9.96. The summed E-state index contributed by atoms with van der Waals surface area (Å²) in [4.78, 5) is 6.98. The molecule has 0 bridgehead atoms. The van der Waals surface area contributed by atoms with E-state index in [0.717, 1.165) is 53.1 Å². The zero-order valence-electron chi connectivity index (χ0n) is 19.2. The van der Waals surface area contributed by atoms with Gasteiger partial charge in [0.05, 0.1) is 23.9 Å². The van der Waals surface area contributed by atoms with Gasteiger partial charge in [-0.25, -0.2) is 0 Å². The van der Waals surface area contributed by atoms with Crippen molar-refractivity contribution in [3.05, 3.63) is 81.9 Å². The molecule has 3 atom stereocenters. The summed E-state index contributed by atoms with van der Waals surface area (Å²) in [5, 5.41) is 5.10. The van der Waals surface area contributed by atoms with E-state index in [1.807, 2.05) is 30.5 Å². The molecule has 0 unspecified atom stereocenters. The van der Waals surface area contributed by atoms with Gasteiger partial charge in [0.15, 0.2) is 5.11 Å². The third kappa shape index (κ3) is 4.05. The molecule has 3 aromatic rings. The van der Waals surface area contributed by atoms with E-state index in [2.05, 4.69) is 58.7 Å². The topological polar surface area (TPSA) is 42.3 Å². The van der Waals surface area contributed by atoms with E-state index in [1.54, 1.807) is 0 Å². The van der Waals surface area contributed by atoms with Gasteiger partial charge in [-0.1, -0.05) is 23.7 Å². The molecule has 0 amide bonds. The molecule has 0 radical (unpaired) electrons. The van der Waals surface area contributed by atoms with E-state index >= 15 is 0 Å². The fraction of sp³-hybridized carbons (Fsp3) is 0.385. The molecule has 0 aliphatic carbocycles. The molecule has 2 saturated heterocycles. The van der Waals surface area contributed by atoms with Crippen molar-refractivity contribution in [2.75, 3.05) is 13.2 Å². The number of benzene rings is 1. The van der Waals surface area contributed by atoms with Gasteiger partial charge in [0.25, 0.3) is 0 Å². The summed E-state index contributed by atoms with van der Waals surface area (Å²) in [6.07, 6.45) is 4.22. The second kappa shape index (κ2) is 9.09. The lowest BCUT2D eigenvalue weighted by molar-refractivity contribution is 0.0842. The van der Waals surface area contributed by atoms with Crippen LogP contribution in [0.4, 0.5) is 0 Å². The highest BCUT2D eigenvalue weighted by atomic mass is 35.5. The monoisotopic (exact) mass is 480 g/mol. The van der Waals surface area contributed by atoms with Gasteiger partial charge in [-0.2, -0.15) is 0 Å². The Hall–Kier alpha value is -2.41. The normalized spacial score (nSPS) is 22.7. The molecular formula is C26H29ClN4OS. The Labute approximate surface area is 205 Å². The first-order chi connectivity index (χ1) is 16.0. The van der Waals surface area contributed by atoms with Crippen molar-refractivity contribution >= 4 is 28.9 Å². The number of aromatic nitrogens is 2. The molecule has 2 aliphatic heterocycles. The molecule has 7 heteroatoms. The Morgan fingerprint density at radius 1 is 1.18 bits per heavy atom. The molecule has 4 heterocycles. The molecule has 1 aromatic carbocycles. The SMILES string of the molecule is Cc1c(Cl)cccc1-n1c(C)cc([C@@H]2[C@H](c3ccccn3)NC(=S)N2C[C@@H]2CCCO2)c1C. The fourth-order valence-electron chi connectivity index (χ4n) is 5.24. The van der Waals surface area contributed by atoms with Crippen LogP contribution in [0.3, 0.4) is 0 Å². The van der Waals surface area contributed by atoms with Crippen LogP contribution in [0.2, 0.25) is 5.02 Å². The first-order valence-electron chi connectivity index (χ1n) is 11.5. The number of halogens is 1. The second-order valence-corrected chi connectivity index (χ2v) is 9.75. The van der Waals surface area contributed by atoms with Crippen molar-refractivity contribution in [2.45, 2.75) is 51.8 Å². The van der Waals surface area contributed by atoms with Crippen LogP contribution in [0.1, 0.15) is 53.1 Å². The number of ether oxygens (including phenoxy) is 1. The maximum absolute atomic E-state index is 6.47. The van der Waals surface area contributed by atoms with E-state index in [1.165, 1.54) is 17.0 Å². The van der Waals surface area contributed by atoms with Crippen LogP contribution in [0.25, 0.3) is 5.69 Å². The molecule has 2 fully saturated rings. The summed E-state index contributed by atoms with van der Waals surface area (Å²) < 4.78 is 8.28. The Balaban J connectivity index is 1.61. The summed E-state index contributed by atoms with van der Waals surface area (Å²) in [5.41, 5.74) is 6.77. The van der Waals surface area contributed by atoms with Crippen molar-refractivity contribution in [2.24, 2.45) is 0 Å². The maximum atomic E-state index is 6.47. The molecule has 172 valence electrons. The van der Waals surface area contributed by atoms with Gasteiger partial charge >= 0.3 is 0 Å². The van der Waals surface area contributed by atoms with Crippen molar-refractivity contribution < 1.29 is 4.74 Å². The number of rotatable bonds is 5. The highest BCUT2D eigenvalue weighted by Crippen LogP contribution is 2.42. The molecule has 33 heavy (non-hydrogen) atoms. The Morgan fingerprint density at radius 2 is 2.03 bits per heavy atom. The van der Waals surface area contributed by atoms with Crippen LogP contribution >= 0.6 is 23.8 Å². The van der Waals surface area contributed by atoms with Gasteiger partial charge in [0, 0.05) is 41.4 Å². The van der Waals surface area contributed by atoms with Crippen LogP contribution in [0.15, 0.2) is 48.7 Å². The molecule has 5 nitrogen and oxygen atoms in total. The predicted octanol–water partition coefficient (Wildman–Crippen LogP) is 5.60. The molecule has 2 aliphatic rings. The molecule has 2 aromatic heterocycles. The Kier molecular flexibility index (Phi) is 6.16. The first kappa shape index (κ1) is 22.4. The van der Waals surface area contributed by atoms with E-state index in [4.69, 9.17) is 28.6 Å². The highest BCUT2D eigenvalue weighted by Gasteiger charge is 2.42. The van der Waals surface area contributed by atoms with Crippen LogP contribution in [-0.2, 0) is 4.74 Å². The first-order valence-corrected chi connectivity index (χ1v) is 12.3. The number of nitrogens with one attached hydrogen (secondary N) is 1. The number of nitrogens with zero attached hydrogens (tertiary/aromatic N) is 3. The fourth-order valence-corrected chi connectivity index (χ4v) is 5.73. The molecular weight excluding hydrogens is 452 g/mol. The number of thiocarbonyl (C=S) groups is 1. The lowest BCUT2D eigenvalue weighted by Gasteiger charge is -2.30. The van der Waals surface area contributed by atoms with Gasteiger partial charge < -0.3 is 19.5 Å². The van der Waals surface area contributed by atoms with Gasteiger partial charge in [0.2, 0.25) is 0 Å². The number of aryl methyl sites for hydroxylation is 1. The number of pyridine rings is 1. The quantitative estimate of drug-likeness (QED) is 0.481. The third-order valence-corrected chi connectivity index (χ3v) is 7.65.